The van der Waals surface area contributed by atoms with Crippen LogP contribution in [0.4, 0.5) is 5.95 Å². The second-order valence-electron chi connectivity index (χ2n) is 4.40. The molecule has 1 aliphatic rings. The van der Waals surface area contributed by atoms with Crippen molar-refractivity contribution in [2.45, 2.75) is 12.8 Å². The molecular weight excluding hydrogens is 298 g/mol. The van der Waals surface area contributed by atoms with E-state index in [2.05, 4.69) is 29.8 Å². The summed E-state index contributed by atoms with van der Waals surface area (Å²) < 4.78 is 5.81. The standard InChI is InChI=1S/C11H12ClN7O2/c1-21-8(20)7-13-6-19(17-7)11-15-9(12)14-10(16-11)18-4-2-3-5-18/h6H,2-5H2,1H3. The Balaban J connectivity index is 1.94. The van der Waals surface area contributed by atoms with Gasteiger partial charge in [0, 0.05) is 13.1 Å². The molecular formula is C11H12ClN7O2. The van der Waals surface area contributed by atoms with E-state index < -0.39 is 5.97 Å². The fourth-order valence-electron chi connectivity index (χ4n) is 2.03. The fourth-order valence-corrected chi connectivity index (χ4v) is 2.19. The largest absolute Gasteiger partial charge is 0.463 e. The number of aromatic nitrogens is 6. The topological polar surface area (TPSA) is 98.9 Å². The number of rotatable bonds is 3. The van der Waals surface area contributed by atoms with Crippen molar-refractivity contribution in [3.63, 3.8) is 0 Å². The molecule has 9 nitrogen and oxygen atoms in total. The minimum absolute atomic E-state index is 0.0667. The van der Waals surface area contributed by atoms with Gasteiger partial charge in [-0.05, 0) is 24.4 Å². The first-order chi connectivity index (χ1) is 10.2. The minimum atomic E-state index is -0.631. The molecule has 10 heteroatoms. The Hall–Kier alpha value is -2.29. The summed E-state index contributed by atoms with van der Waals surface area (Å²) in [7, 11) is 1.26. The van der Waals surface area contributed by atoms with Gasteiger partial charge >= 0.3 is 5.97 Å². The minimum Gasteiger partial charge on any atom is -0.463 e. The van der Waals surface area contributed by atoms with E-state index in [1.54, 1.807) is 0 Å². The van der Waals surface area contributed by atoms with Crippen molar-refractivity contribution in [3.8, 4) is 5.95 Å². The van der Waals surface area contributed by atoms with Gasteiger partial charge in [-0.15, -0.1) is 5.10 Å². The number of ether oxygens (including phenoxy) is 1. The lowest BCUT2D eigenvalue weighted by molar-refractivity contribution is 0.0587. The summed E-state index contributed by atoms with van der Waals surface area (Å²) in [6.45, 7) is 1.76. The van der Waals surface area contributed by atoms with E-state index in [0.29, 0.717) is 5.95 Å². The van der Waals surface area contributed by atoms with Gasteiger partial charge in [0.15, 0.2) is 0 Å². The van der Waals surface area contributed by atoms with E-state index in [1.165, 1.54) is 18.1 Å². The van der Waals surface area contributed by atoms with Crippen LogP contribution in [0.1, 0.15) is 23.5 Å². The third kappa shape index (κ3) is 2.77. The Bertz CT molecular complexity index is 668. The lowest BCUT2D eigenvalue weighted by Crippen LogP contribution is -2.22. The number of anilines is 1. The summed E-state index contributed by atoms with van der Waals surface area (Å²) in [6, 6.07) is 0. The molecule has 0 unspecified atom stereocenters. The van der Waals surface area contributed by atoms with Crippen molar-refractivity contribution in [1.82, 2.24) is 29.7 Å². The van der Waals surface area contributed by atoms with Crippen molar-refractivity contribution >= 4 is 23.5 Å². The van der Waals surface area contributed by atoms with Crippen LogP contribution in [0.25, 0.3) is 5.95 Å². The molecule has 0 aliphatic carbocycles. The molecule has 0 atom stereocenters. The number of esters is 1. The maximum absolute atomic E-state index is 11.4. The van der Waals surface area contributed by atoms with Crippen molar-refractivity contribution in [2.24, 2.45) is 0 Å². The molecule has 0 saturated carbocycles. The number of hydrogen-bond acceptors (Lipinski definition) is 8. The first-order valence-corrected chi connectivity index (χ1v) is 6.72. The molecule has 0 radical (unpaired) electrons. The number of carbonyl (C=O) groups excluding carboxylic acids is 1. The first-order valence-electron chi connectivity index (χ1n) is 6.34. The van der Waals surface area contributed by atoms with Crippen LogP contribution >= 0.6 is 11.6 Å². The van der Waals surface area contributed by atoms with E-state index in [-0.39, 0.29) is 17.1 Å². The third-order valence-electron chi connectivity index (χ3n) is 3.04. The fraction of sp³-hybridized carbons (Fsp3) is 0.455. The molecule has 2 aromatic heterocycles. The van der Waals surface area contributed by atoms with Gasteiger partial charge in [-0.25, -0.2) is 9.78 Å². The van der Waals surface area contributed by atoms with E-state index in [9.17, 15) is 4.79 Å². The Morgan fingerprint density at radius 2 is 1.95 bits per heavy atom. The average Bonchev–Trinajstić information content (AvgIpc) is 3.17. The Morgan fingerprint density at radius 1 is 1.24 bits per heavy atom. The van der Waals surface area contributed by atoms with E-state index in [4.69, 9.17) is 11.6 Å². The van der Waals surface area contributed by atoms with E-state index in [0.717, 1.165) is 25.9 Å². The number of methoxy groups -OCH3 is 1. The Kier molecular flexibility index (Phi) is 3.65. The third-order valence-corrected chi connectivity index (χ3v) is 3.21. The number of hydrogen-bond donors (Lipinski definition) is 0. The van der Waals surface area contributed by atoms with Crippen LogP contribution in [0, 0.1) is 0 Å². The quantitative estimate of drug-likeness (QED) is 0.755. The predicted molar refractivity (Wildman–Crippen MR) is 72.5 cm³/mol. The highest BCUT2D eigenvalue weighted by Gasteiger charge is 2.19. The summed E-state index contributed by atoms with van der Waals surface area (Å²) >= 11 is 5.93. The van der Waals surface area contributed by atoms with Crippen LogP contribution in [0.3, 0.4) is 0 Å². The molecule has 0 N–H and O–H groups in total. The monoisotopic (exact) mass is 309 g/mol. The lowest BCUT2D eigenvalue weighted by atomic mass is 10.4. The van der Waals surface area contributed by atoms with Gasteiger partial charge in [0.1, 0.15) is 6.33 Å². The summed E-state index contributed by atoms with van der Waals surface area (Å²) in [5.41, 5.74) is 0. The molecule has 1 aliphatic heterocycles. The van der Waals surface area contributed by atoms with Gasteiger partial charge in [0.25, 0.3) is 11.8 Å². The van der Waals surface area contributed by atoms with Crippen LogP contribution in [-0.2, 0) is 4.74 Å². The summed E-state index contributed by atoms with van der Waals surface area (Å²) in [5.74, 6) is 0.00241. The Morgan fingerprint density at radius 3 is 2.67 bits per heavy atom. The summed E-state index contributed by atoms with van der Waals surface area (Å²) in [4.78, 5) is 29.6. The molecule has 0 aromatic carbocycles. The normalized spacial score (nSPS) is 14.5. The second-order valence-corrected chi connectivity index (χ2v) is 4.74. The molecule has 0 amide bonds. The van der Waals surface area contributed by atoms with Crippen molar-refractivity contribution in [2.75, 3.05) is 25.1 Å². The maximum atomic E-state index is 11.4. The molecule has 0 bridgehead atoms. The van der Waals surface area contributed by atoms with Gasteiger partial charge in [-0.1, -0.05) is 0 Å². The van der Waals surface area contributed by atoms with Crippen molar-refractivity contribution < 1.29 is 9.53 Å². The molecule has 110 valence electrons. The highest BCUT2D eigenvalue weighted by molar-refractivity contribution is 6.28. The number of carbonyl (C=O) groups is 1. The van der Waals surface area contributed by atoms with Crippen LogP contribution in [0.2, 0.25) is 5.28 Å². The molecule has 2 aromatic rings. The predicted octanol–water partition coefficient (Wildman–Crippen LogP) is 0.492. The molecule has 3 rings (SSSR count). The zero-order chi connectivity index (χ0) is 14.8. The molecule has 1 fully saturated rings. The smallest absolute Gasteiger partial charge is 0.377 e. The SMILES string of the molecule is COC(=O)c1ncn(-c2nc(Cl)nc(N3CCCC3)n2)n1. The zero-order valence-corrected chi connectivity index (χ0v) is 12.0. The lowest BCUT2D eigenvalue weighted by Gasteiger charge is -2.15. The van der Waals surface area contributed by atoms with Gasteiger partial charge in [-0.3, -0.25) is 0 Å². The summed E-state index contributed by atoms with van der Waals surface area (Å²) in [6.07, 6.45) is 3.51. The van der Waals surface area contributed by atoms with Crippen LogP contribution < -0.4 is 4.90 Å². The molecule has 3 heterocycles. The van der Waals surface area contributed by atoms with Gasteiger partial charge in [0.05, 0.1) is 7.11 Å². The van der Waals surface area contributed by atoms with Crippen LogP contribution in [0.15, 0.2) is 6.33 Å². The van der Waals surface area contributed by atoms with Gasteiger partial charge < -0.3 is 9.64 Å². The molecule has 1 saturated heterocycles. The average molecular weight is 310 g/mol. The zero-order valence-electron chi connectivity index (χ0n) is 11.2. The maximum Gasteiger partial charge on any atom is 0.377 e. The van der Waals surface area contributed by atoms with Crippen molar-refractivity contribution in [1.29, 1.82) is 0 Å². The van der Waals surface area contributed by atoms with Gasteiger partial charge in [0.2, 0.25) is 11.2 Å². The van der Waals surface area contributed by atoms with Crippen LogP contribution in [0.5, 0.6) is 0 Å². The number of nitrogens with zero attached hydrogens (tertiary/aromatic N) is 7. The summed E-state index contributed by atoms with van der Waals surface area (Å²) in [5, 5.41) is 4.03. The number of halogens is 1. The molecule has 21 heavy (non-hydrogen) atoms. The molecule has 0 spiro atoms. The first kappa shape index (κ1) is 13.7. The second kappa shape index (κ2) is 5.60. The van der Waals surface area contributed by atoms with Gasteiger partial charge in [-0.2, -0.15) is 19.6 Å². The van der Waals surface area contributed by atoms with Crippen molar-refractivity contribution in [3.05, 3.63) is 17.4 Å². The Labute approximate surface area is 124 Å². The highest BCUT2D eigenvalue weighted by Crippen LogP contribution is 2.18. The van der Waals surface area contributed by atoms with E-state index >= 15 is 0 Å². The van der Waals surface area contributed by atoms with E-state index in [1.807, 2.05) is 4.90 Å². The van der Waals surface area contributed by atoms with Crippen LogP contribution in [-0.4, -0.2) is 55.9 Å². The highest BCUT2D eigenvalue weighted by atomic mass is 35.5.